The molecular formula is C2H5MnO2. The number of rotatable bonds is 0. The maximum absolute atomic E-state index is 8.41. The zero-order chi connectivity index (χ0) is 4.71. The normalized spacial score (nSPS) is 3.60. The third-order valence-corrected chi connectivity index (χ3v) is 0. The van der Waals surface area contributed by atoms with Crippen LogP contribution in [-0.4, -0.2) is 0 Å². The van der Waals surface area contributed by atoms with Crippen LogP contribution in [0.15, 0.2) is 0 Å². The molecule has 0 amide bonds. The predicted molar refractivity (Wildman–Crippen MR) is 12.4 cm³/mol. The minimum atomic E-state index is -1.44. The summed E-state index contributed by atoms with van der Waals surface area (Å²) in [5.74, 6) is 0. The van der Waals surface area contributed by atoms with Gasteiger partial charge in [0.15, 0.2) is 0 Å². The van der Waals surface area contributed by atoms with E-state index < -0.39 is 14.8 Å². The van der Waals surface area contributed by atoms with Crippen LogP contribution in [-0.2, 0) is 22.5 Å². The molecule has 0 aromatic rings. The van der Waals surface area contributed by atoms with Crippen molar-refractivity contribution in [1.29, 1.82) is 0 Å². The molecule has 32 valence electrons. The molecule has 0 aliphatic carbocycles. The molecule has 3 heteroatoms. The summed E-state index contributed by atoms with van der Waals surface area (Å²) in [6, 6.07) is 0. The van der Waals surface area contributed by atoms with Gasteiger partial charge in [0.2, 0.25) is 0 Å². The molecule has 0 rings (SSSR count). The van der Waals surface area contributed by atoms with E-state index >= 15 is 0 Å². The van der Waals surface area contributed by atoms with E-state index in [9.17, 15) is 0 Å². The minimum absolute atomic E-state index is 1.44. The zero-order valence-electron chi connectivity index (χ0n) is 2.90. The molecule has 0 aliphatic rings. The first kappa shape index (κ1) is 8.93. The van der Waals surface area contributed by atoms with Crippen molar-refractivity contribution in [3.8, 4) is 0 Å². The van der Waals surface area contributed by atoms with Gasteiger partial charge in [-0.15, -0.1) is 0 Å². The van der Waals surface area contributed by atoms with Gasteiger partial charge < -0.3 is 0 Å². The number of hydrogen-bond donors (Lipinski definition) is 0. The summed E-state index contributed by atoms with van der Waals surface area (Å²) in [6.07, 6.45) is 0. The third kappa shape index (κ3) is 1300. The van der Waals surface area contributed by atoms with E-state index in [0.29, 0.717) is 0 Å². The fourth-order valence-electron chi connectivity index (χ4n) is 0. The van der Waals surface area contributed by atoms with Gasteiger partial charge in [-0.05, 0) is 0 Å². The zero-order valence-corrected chi connectivity index (χ0v) is 4.08. The average Bonchev–Trinajstić information content (AvgIpc) is 1.46. The van der Waals surface area contributed by atoms with Crippen LogP contribution >= 0.6 is 0 Å². The Bertz CT molecular complexity index is 28.6. The van der Waals surface area contributed by atoms with E-state index in [1.165, 1.54) is 0 Å². The van der Waals surface area contributed by atoms with E-state index in [-0.39, 0.29) is 0 Å². The topological polar surface area (TPSA) is 34.1 Å². The van der Waals surface area contributed by atoms with Crippen LogP contribution in [0, 0.1) is 6.92 Å². The molecule has 0 N–H and O–H groups in total. The van der Waals surface area contributed by atoms with Crippen LogP contribution in [0.25, 0.3) is 0 Å². The molecule has 0 bridgehead atoms. The van der Waals surface area contributed by atoms with Crippen molar-refractivity contribution in [2.24, 2.45) is 0 Å². The van der Waals surface area contributed by atoms with Gasteiger partial charge >= 0.3 is 22.5 Å². The van der Waals surface area contributed by atoms with E-state index in [1.54, 1.807) is 6.92 Å². The summed E-state index contributed by atoms with van der Waals surface area (Å²) in [6.45, 7) is 5.00. The molecule has 1 radical (unpaired) electrons. The number of hydrogen-bond acceptors (Lipinski definition) is 2. The van der Waals surface area contributed by atoms with E-state index in [4.69, 9.17) is 7.67 Å². The van der Waals surface area contributed by atoms with Crippen LogP contribution in [0.4, 0.5) is 0 Å². The van der Waals surface area contributed by atoms with Gasteiger partial charge in [-0.3, -0.25) is 0 Å². The van der Waals surface area contributed by atoms with Crippen molar-refractivity contribution in [1.82, 2.24) is 0 Å². The second-order valence-corrected chi connectivity index (χ2v) is 0.260. The molecule has 0 unspecified atom stereocenters. The molecule has 0 heterocycles. The molecule has 0 aliphatic heterocycles. The molecule has 0 aromatic carbocycles. The Balaban J connectivity index is 0. The van der Waals surface area contributed by atoms with E-state index in [0.717, 1.165) is 0 Å². The van der Waals surface area contributed by atoms with Crippen molar-refractivity contribution in [3.05, 3.63) is 6.92 Å². The first-order chi connectivity index (χ1) is 2.41. The molecule has 5 heavy (non-hydrogen) atoms. The van der Waals surface area contributed by atoms with Gasteiger partial charge in [-0.25, -0.2) is 0 Å². The van der Waals surface area contributed by atoms with Crippen LogP contribution in [0.1, 0.15) is 6.92 Å². The molecule has 0 aromatic heterocycles. The summed E-state index contributed by atoms with van der Waals surface area (Å²) < 4.78 is 16.8. The summed E-state index contributed by atoms with van der Waals surface area (Å²) in [5.41, 5.74) is 0. The molecular weight excluding hydrogens is 111 g/mol. The quantitative estimate of drug-likeness (QED) is 0.434. The fraction of sp³-hybridized carbons (Fsp3) is 0.500. The maximum atomic E-state index is 8.41. The molecule has 2 nitrogen and oxygen atoms in total. The Labute approximate surface area is 37.1 Å². The molecule has 0 saturated carbocycles. The van der Waals surface area contributed by atoms with Crippen molar-refractivity contribution < 1.29 is 22.5 Å². The Hall–Kier alpha value is 0.119. The van der Waals surface area contributed by atoms with Crippen LogP contribution in [0.3, 0.4) is 0 Å². The summed E-state index contributed by atoms with van der Waals surface area (Å²) >= 11 is -1.44. The Kier molecular flexibility index (Phi) is 57.1. The average molecular weight is 116 g/mol. The molecule has 0 atom stereocenters. The standard InChI is InChI=1S/C2H5.Mn.2O/c1-2;;;/h1H2,2H3;;;. The Morgan fingerprint density at radius 1 is 1.40 bits per heavy atom. The molecule has 0 saturated heterocycles. The van der Waals surface area contributed by atoms with Crippen molar-refractivity contribution in [2.45, 2.75) is 6.92 Å². The summed E-state index contributed by atoms with van der Waals surface area (Å²) in [7, 11) is 0. The van der Waals surface area contributed by atoms with Gasteiger partial charge in [-0.2, -0.15) is 0 Å². The molecule has 0 spiro atoms. The van der Waals surface area contributed by atoms with Gasteiger partial charge in [0.05, 0.1) is 0 Å². The van der Waals surface area contributed by atoms with E-state index in [2.05, 4.69) is 6.92 Å². The Morgan fingerprint density at radius 3 is 1.40 bits per heavy atom. The first-order valence-corrected chi connectivity index (χ1v) is 1.98. The van der Waals surface area contributed by atoms with Crippen molar-refractivity contribution in [2.75, 3.05) is 0 Å². The monoisotopic (exact) mass is 116 g/mol. The van der Waals surface area contributed by atoms with Gasteiger partial charge in [0.25, 0.3) is 0 Å². The van der Waals surface area contributed by atoms with Crippen LogP contribution in [0.5, 0.6) is 0 Å². The fourth-order valence-corrected chi connectivity index (χ4v) is 0. The van der Waals surface area contributed by atoms with Crippen LogP contribution < -0.4 is 0 Å². The van der Waals surface area contributed by atoms with Crippen molar-refractivity contribution >= 4 is 0 Å². The van der Waals surface area contributed by atoms with Gasteiger partial charge in [0.1, 0.15) is 0 Å². The van der Waals surface area contributed by atoms with Gasteiger partial charge in [0, 0.05) is 0 Å². The van der Waals surface area contributed by atoms with Crippen LogP contribution in [0.2, 0.25) is 0 Å². The second-order valence-electron chi connectivity index (χ2n) is 0.0630. The van der Waals surface area contributed by atoms with E-state index in [1.807, 2.05) is 0 Å². The Morgan fingerprint density at radius 2 is 1.40 bits per heavy atom. The first-order valence-electron chi connectivity index (χ1n) is 1.02. The second kappa shape index (κ2) is 32.0. The molecule has 0 fully saturated rings. The third-order valence-electron chi connectivity index (χ3n) is 0. The summed E-state index contributed by atoms with van der Waals surface area (Å²) in [4.78, 5) is 0. The SMILES string of the molecule is [CH2]C.[O]=[Mn]=[O]. The van der Waals surface area contributed by atoms with Crippen molar-refractivity contribution in [3.63, 3.8) is 0 Å². The summed E-state index contributed by atoms with van der Waals surface area (Å²) in [5, 5.41) is 0. The predicted octanol–water partition coefficient (Wildman–Crippen LogP) is 0.600. The van der Waals surface area contributed by atoms with Gasteiger partial charge in [-0.1, -0.05) is 13.8 Å².